The molecule has 0 aromatic rings. The summed E-state index contributed by atoms with van der Waals surface area (Å²) in [6.07, 6.45) is 1.51. The van der Waals surface area contributed by atoms with Crippen LogP contribution in [0.15, 0.2) is 0 Å². The van der Waals surface area contributed by atoms with Gasteiger partial charge in [0, 0.05) is 6.42 Å². The molecule has 3 N–H and O–H groups in total. The van der Waals surface area contributed by atoms with Gasteiger partial charge in [0.1, 0.15) is 0 Å². The van der Waals surface area contributed by atoms with E-state index in [9.17, 15) is 13.2 Å². The molecule has 0 saturated heterocycles. The lowest BCUT2D eigenvalue weighted by Gasteiger charge is -1.99. The average molecular weight is 241 g/mol. The molecule has 14 heavy (non-hydrogen) atoms. The van der Waals surface area contributed by atoms with E-state index in [0.29, 0.717) is 25.0 Å². The van der Waals surface area contributed by atoms with E-state index in [-0.39, 0.29) is 11.7 Å². The van der Waals surface area contributed by atoms with Crippen LogP contribution in [0.3, 0.4) is 0 Å². The predicted octanol–water partition coefficient (Wildman–Crippen LogP) is 0.263. The second-order valence-electron chi connectivity index (χ2n) is 2.82. The summed E-state index contributed by atoms with van der Waals surface area (Å²) in [5, 5.41) is 0. The van der Waals surface area contributed by atoms with Crippen molar-refractivity contribution in [3.8, 4) is 0 Å². The van der Waals surface area contributed by atoms with Crippen LogP contribution in [0.25, 0.3) is 0 Å². The maximum atomic E-state index is 10.3. The molecule has 0 rings (SSSR count). The summed E-state index contributed by atoms with van der Waals surface area (Å²) in [6, 6.07) is 0. The lowest BCUT2D eigenvalue weighted by atomic mass is 10.3. The van der Waals surface area contributed by atoms with Gasteiger partial charge in [-0.05, 0) is 24.3 Å². The molecule has 1 amide bonds. The zero-order valence-corrected chi connectivity index (χ0v) is 9.44. The molecule has 0 atom stereocenters. The predicted molar refractivity (Wildman–Crippen MR) is 56.8 cm³/mol. The van der Waals surface area contributed by atoms with Gasteiger partial charge in [-0.25, -0.2) is 0 Å². The number of rotatable bonds is 8. The summed E-state index contributed by atoms with van der Waals surface area (Å²) in [5.74, 6) is 0.937. The van der Waals surface area contributed by atoms with E-state index in [1.165, 1.54) is 0 Å². The Morgan fingerprint density at radius 3 is 2.36 bits per heavy atom. The van der Waals surface area contributed by atoms with Gasteiger partial charge in [-0.3, -0.25) is 9.35 Å². The average Bonchev–Trinajstić information content (AvgIpc) is 2.00. The van der Waals surface area contributed by atoms with Crippen LogP contribution >= 0.6 is 11.8 Å². The molecule has 0 aliphatic heterocycles. The lowest BCUT2D eigenvalue weighted by molar-refractivity contribution is -0.118. The van der Waals surface area contributed by atoms with Crippen LogP contribution in [0.1, 0.15) is 19.3 Å². The molecular formula is C7H15NO4S2. The fourth-order valence-electron chi connectivity index (χ4n) is 0.794. The van der Waals surface area contributed by atoms with E-state index in [0.717, 1.165) is 5.75 Å². The Morgan fingerprint density at radius 1 is 1.29 bits per heavy atom. The monoisotopic (exact) mass is 241 g/mol. The second-order valence-corrected chi connectivity index (χ2v) is 5.62. The molecule has 0 aliphatic carbocycles. The van der Waals surface area contributed by atoms with Crippen LogP contribution in [0.4, 0.5) is 0 Å². The highest BCUT2D eigenvalue weighted by molar-refractivity contribution is 7.99. The third kappa shape index (κ3) is 11.7. The minimum atomic E-state index is -3.82. The van der Waals surface area contributed by atoms with Crippen molar-refractivity contribution < 1.29 is 17.8 Å². The van der Waals surface area contributed by atoms with Crippen molar-refractivity contribution in [2.45, 2.75) is 19.3 Å². The molecule has 0 heterocycles. The van der Waals surface area contributed by atoms with E-state index >= 15 is 0 Å². The molecule has 0 spiro atoms. The van der Waals surface area contributed by atoms with Gasteiger partial charge in [0.2, 0.25) is 5.91 Å². The minimum absolute atomic E-state index is 0.199. The van der Waals surface area contributed by atoms with Crippen LogP contribution in [0, 0.1) is 0 Å². The van der Waals surface area contributed by atoms with Gasteiger partial charge < -0.3 is 5.73 Å². The van der Waals surface area contributed by atoms with Crippen molar-refractivity contribution in [1.29, 1.82) is 0 Å². The summed E-state index contributed by atoms with van der Waals surface area (Å²) in [6.45, 7) is 0. The van der Waals surface area contributed by atoms with Gasteiger partial charge >= 0.3 is 0 Å². The van der Waals surface area contributed by atoms with E-state index in [1.54, 1.807) is 11.8 Å². The second kappa shape index (κ2) is 7.08. The first-order chi connectivity index (χ1) is 6.42. The Balaban J connectivity index is 3.19. The number of hydrogen-bond acceptors (Lipinski definition) is 4. The molecule has 7 heteroatoms. The van der Waals surface area contributed by atoms with Gasteiger partial charge in [-0.2, -0.15) is 20.2 Å². The van der Waals surface area contributed by atoms with Crippen molar-refractivity contribution in [1.82, 2.24) is 0 Å². The Morgan fingerprint density at radius 2 is 1.86 bits per heavy atom. The fourth-order valence-corrected chi connectivity index (χ4v) is 2.39. The SMILES string of the molecule is NC(=O)CCCSCCCS(=O)(=O)O. The van der Waals surface area contributed by atoms with E-state index in [1.807, 2.05) is 0 Å². The smallest absolute Gasteiger partial charge is 0.264 e. The van der Waals surface area contributed by atoms with Crippen LogP contribution < -0.4 is 5.73 Å². The van der Waals surface area contributed by atoms with Gasteiger partial charge in [-0.15, -0.1) is 0 Å². The number of hydrogen-bond donors (Lipinski definition) is 2. The van der Waals surface area contributed by atoms with E-state index in [2.05, 4.69) is 0 Å². The Hall–Kier alpha value is -0.270. The van der Waals surface area contributed by atoms with E-state index in [4.69, 9.17) is 10.3 Å². The molecule has 0 aromatic carbocycles. The first kappa shape index (κ1) is 13.7. The molecule has 5 nitrogen and oxygen atoms in total. The Kier molecular flexibility index (Phi) is 6.94. The zero-order valence-electron chi connectivity index (χ0n) is 7.81. The third-order valence-corrected chi connectivity index (χ3v) is 3.36. The topological polar surface area (TPSA) is 97.5 Å². The van der Waals surface area contributed by atoms with Crippen LogP contribution in [-0.4, -0.2) is 36.1 Å². The van der Waals surface area contributed by atoms with Crippen LogP contribution in [0.5, 0.6) is 0 Å². The van der Waals surface area contributed by atoms with Gasteiger partial charge in [0.15, 0.2) is 0 Å². The number of nitrogens with two attached hydrogens (primary N) is 1. The highest BCUT2D eigenvalue weighted by atomic mass is 32.2. The van der Waals surface area contributed by atoms with Crippen molar-refractivity contribution in [2.75, 3.05) is 17.3 Å². The zero-order chi connectivity index (χ0) is 11.0. The highest BCUT2D eigenvalue weighted by Crippen LogP contribution is 2.06. The molecule has 0 fully saturated rings. The van der Waals surface area contributed by atoms with Crippen molar-refractivity contribution in [3.05, 3.63) is 0 Å². The molecule has 0 unspecified atom stereocenters. The quantitative estimate of drug-likeness (QED) is 0.469. The fraction of sp³-hybridized carbons (Fsp3) is 0.857. The molecule has 0 radical (unpaired) electrons. The third-order valence-electron chi connectivity index (χ3n) is 1.40. The maximum absolute atomic E-state index is 10.3. The number of thioether (sulfide) groups is 1. The molecule has 0 aromatic heterocycles. The number of amides is 1. The van der Waals surface area contributed by atoms with Crippen LogP contribution in [0.2, 0.25) is 0 Å². The van der Waals surface area contributed by atoms with Crippen molar-refractivity contribution in [2.24, 2.45) is 5.73 Å². The number of carbonyl (C=O) groups is 1. The van der Waals surface area contributed by atoms with Gasteiger partial charge in [0.05, 0.1) is 5.75 Å². The molecule has 0 bridgehead atoms. The summed E-state index contributed by atoms with van der Waals surface area (Å²) >= 11 is 1.55. The summed E-state index contributed by atoms with van der Waals surface area (Å²) in [5.41, 5.74) is 4.93. The van der Waals surface area contributed by atoms with Gasteiger partial charge in [0.25, 0.3) is 10.1 Å². The summed E-state index contributed by atoms with van der Waals surface area (Å²) in [7, 11) is -3.82. The van der Waals surface area contributed by atoms with Crippen molar-refractivity contribution >= 4 is 27.8 Å². The first-order valence-electron chi connectivity index (χ1n) is 4.23. The lowest BCUT2D eigenvalue weighted by Crippen LogP contribution is -2.10. The van der Waals surface area contributed by atoms with Crippen LogP contribution in [-0.2, 0) is 14.9 Å². The minimum Gasteiger partial charge on any atom is -0.370 e. The van der Waals surface area contributed by atoms with Crippen molar-refractivity contribution in [3.63, 3.8) is 0 Å². The largest absolute Gasteiger partial charge is 0.370 e. The molecule has 0 aliphatic rings. The number of primary amides is 1. The summed E-state index contributed by atoms with van der Waals surface area (Å²) < 4.78 is 29.0. The number of carbonyl (C=O) groups excluding carboxylic acids is 1. The first-order valence-corrected chi connectivity index (χ1v) is 6.99. The summed E-state index contributed by atoms with van der Waals surface area (Å²) in [4.78, 5) is 10.3. The maximum Gasteiger partial charge on any atom is 0.264 e. The normalized spacial score (nSPS) is 11.5. The molecule has 0 saturated carbocycles. The molecule has 84 valence electrons. The standard InChI is InChI=1S/C7H15NO4S2/c8-7(9)3-1-4-13-5-2-6-14(10,11)12/h1-6H2,(H2,8,9)(H,10,11,12). The van der Waals surface area contributed by atoms with E-state index < -0.39 is 10.1 Å². The molecular weight excluding hydrogens is 226 g/mol. The Labute approximate surface area is 88.2 Å². The van der Waals surface area contributed by atoms with Gasteiger partial charge in [-0.1, -0.05) is 0 Å². The Bertz CT molecular complexity index is 263. The highest BCUT2D eigenvalue weighted by Gasteiger charge is 2.03.